The molecule has 2 N–H and O–H groups in total. The maximum absolute atomic E-state index is 14.2. The summed E-state index contributed by atoms with van der Waals surface area (Å²) < 4.78 is 27.5. The molecule has 1 unspecified atom stereocenters. The van der Waals surface area contributed by atoms with Gasteiger partial charge in [-0.2, -0.15) is 0 Å². The van der Waals surface area contributed by atoms with Crippen molar-refractivity contribution in [1.82, 2.24) is 4.98 Å². The Balaban J connectivity index is 3.19. The fourth-order valence-electron chi connectivity index (χ4n) is 1.37. The first kappa shape index (κ1) is 11.0. The quantitative estimate of drug-likeness (QED) is 0.810. The van der Waals surface area contributed by atoms with Crippen molar-refractivity contribution in [2.75, 3.05) is 6.54 Å². The van der Waals surface area contributed by atoms with Gasteiger partial charge in [-0.15, -0.1) is 0 Å². The van der Waals surface area contributed by atoms with E-state index in [-0.39, 0.29) is 18.0 Å². The van der Waals surface area contributed by atoms with Crippen molar-refractivity contribution in [2.45, 2.75) is 19.5 Å². The maximum Gasteiger partial charge on any atom is 0.153 e. The fourth-order valence-corrected chi connectivity index (χ4v) is 1.37. The van der Waals surface area contributed by atoms with E-state index in [0.717, 1.165) is 6.20 Å². The van der Waals surface area contributed by atoms with E-state index in [1.54, 1.807) is 13.8 Å². The van der Waals surface area contributed by atoms with Crippen LogP contribution in [0, 0.1) is 11.7 Å². The summed E-state index contributed by atoms with van der Waals surface area (Å²) in [5.74, 6) is -1.02. The van der Waals surface area contributed by atoms with Crippen molar-refractivity contribution in [3.05, 3.63) is 29.8 Å². The molecule has 0 saturated heterocycles. The van der Waals surface area contributed by atoms with Gasteiger partial charge in [-0.1, -0.05) is 13.8 Å². The number of hydrogen-bond acceptors (Lipinski definition) is 2. The summed E-state index contributed by atoms with van der Waals surface area (Å²) in [4.78, 5) is 3.57. The first-order valence-corrected chi connectivity index (χ1v) is 4.51. The average molecular weight is 200 g/mol. The van der Waals surface area contributed by atoms with E-state index < -0.39 is 11.5 Å². The SMILES string of the molecule is CC(C)C(F)(CN)c1ccncc1F. The summed E-state index contributed by atoms with van der Waals surface area (Å²) in [7, 11) is 0. The molecule has 78 valence electrons. The van der Waals surface area contributed by atoms with Gasteiger partial charge in [0.2, 0.25) is 0 Å². The van der Waals surface area contributed by atoms with Gasteiger partial charge < -0.3 is 5.73 Å². The van der Waals surface area contributed by atoms with Crippen LogP contribution in [0.15, 0.2) is 18.5 Å². The van der Waals surface area contributed by atoms with Crippen molar-refractivity contribution < 1.29 is 8.78 Å². The second-order valence-corrected chi connectivity index (χ2v) is 3.58. The normalized spacial score (nSPS) is 15.6. The van der Waals surface area contributed by atoms with Crippen molar-refractivity contribution in [1.29, 1.82) is 0 Å². The van der Waals surface area contributed by atoms with E-state index in [9.17, 15) is 8.78 Å². The van der Waals surface area contributed by atoms with Crippen LogP contribution in [0.2, 0.25) is 0 Å². The van der Waals surface area contributed by atoms with Crippen LogP contribution in [-0.2, 0) is 5.67 Å². The molecule has 0 radical (unpaired) electrons. The third-order valence-electron chi connectivity index (χ3n) is 2.43. The monoisotopic (exact) mass is 200 g/mol. The molecule has 1 aromatic heterocycles. The van der Waals surface area contributed by atoms with Gasteiger partial charge in [0.05, 0.1) is 6.20 Å². The van der Waals surface area contributed by atoms with Gasteiger partial charge in [-0.05, 0) is 12.0 Å². The van der Waals surface area contributed by atoms with Crippen molar-refractivity contribution in [2.24, 2.45) is 11.7 Å². The van der Waals surface area contributed by atoms with Crippen LogP contribution in [0.4, 0.5) is 8.78 Å². The molecule has 0 saturated carbocycles. The Kier molecular flexibility index (Phi) is 3.16. The van der Waals surface area contributed by atoms with E-state index in [2.05, 4.69) is 4.98 Å². The number of pyridine rings is 1. The molecule has 0 amide bonds. The molecule has 0 aliphatic carbocycles. The molecule has 0 aliphatic rings. The van der Waals surface area contributed by atoms with Gasteiger partial charge in [0, 0.05) is 18.3 Å². The average Bonchev–Trinajstić information content (AvgIpc) is 2.17. The van der Waals surface area contributed by atoms with Gasteiger partial charge in [-0.3, -0.25) is 4.98 Å². The topological polar surface area (TPSA) is 38.9 Å². The first-order valence-electron chi connectivity index (χ1n) is 4.51. The number of rotatable bonds is 3. The van der Waals surface area contributed by atoms with E-state index in [0.29, 0.717) is 0 Å². The third-order valence-corrected chi connectivity index (χ3v) is 2.43. The maximum atomic E-state index is 14.2. The zero-order valence-corrected chi connectivity index (χ0v) is 8.30. The second-order valence-electron chi connectivity index (χ2n) is 3.58. The number of alkyl halides is 1. The molecule has 0 bridgehead atoms. The fraction of sp³-hybridized carbons (Fsp3) is 0.500. The van der Waals surface area contributed by atoms with E-state index in [4.69, 9.17) is 5.73 Å². The molecule has 1 atom stereocenters. The zero-order chi connectivity index (χ0) is 10.8. The van der Waals surface area contributed by atoms with Crippen LogP contribution in [0.25, 0.3) is 0 Å². The van der Waals surface area contributed by atoms with Gasteiger partial charge in [-0.25, -0.2) is 8.78 Å². The molecule has 4 heteroatoms. The van der Waals surface area contributed by atoms with Crippen LogP contribution in [0.3, 0.4) is 0 Å². The Morgan fingerprint density at radius 3 is 2.64 bits per heavy atom. The minimum Gasteiger partial charge on any atom is -0.327 e. The third kappa shape index (κ3) is 1.75. The van der Waals surface area contributed by atoms with Crippen molar-refractivity contribution >= 4 is 0 Å². The highest BCUT2D eigenvalue weighted by Crippen LogP contribution is 2.34. The molecule has 0 fully saturated rings. The highest BCUT2D eigenvalue weighted by molar-refractivity contribution is 5.22. The van der Waals surface area contributed by atoms with Gasteiger partial charge in [0.1, 0.15) is 5.82 Å². The smallest absolute Gasteiger partial charge is 0.153 e. The molecule has 14 heavy (non-hydrogen) atoms. The number of aromatic nitrogens is 1. The Bertz CT molecular complexity index is 315. The minimum atomic E-state index is -1.81. The molecule has 1 heterocycles. The molecule has 1 rings (SSSR count). The molecule has 2 nitrogen and oxygen atoms in total. The predicted octanol–water partition coefficient (Wildman–Crippen LogP) is 2.00. The second kappa shape index (κ2) is 4.00. The van der Waals surface area contributed by atoms with Crippen LogP contribution < -0.4 is 5.73 Å². The van der Waals surface area contributed by atoms with Gasteiger partial charge >= 0.3 is 0 Å². The lowest BCUT2D eigenvalue weighted by molar-refractivity contribution is 0.104. The molecule has 0 aliphatic heterocycles. The number of nitrogens with two attached hydrogens (primary N) is 1. The lowest BCUT2D eigenvalue weighted by Gasteiger charge is -2.28. The van der Waals surface area contributed by atoms with E-state index in [1.165, 1.54) is 12.3 Å². The highest BCUT2D eigenvalue weighted by atomic mass is 19.1. The summed E-state index contributed by atoms with van der Waals surface area (Å²) in [6.07, 6.45) is 2.37. The predicted molar refractivity (Wildman–Crippen MR) is 50.9 cm³/mol. The van der Waals surface area contributed by atoms with E-state index >= 15 is 0 Å². The summed E-state index contributed by atoms with van der Waals surface area (Å²) in [6, 6.07) is 1.34. The minimum absolute atomic E-state index is 0.00926. The standard InChI is InChI=1S/C10H14F2N2/c1-7(2)10(12,6-13)8-3-4-14-5-9(8)11/h3-5,7H,6,13H2,1-2H3. The zero-order valence-electron chi connectivity index (χ0n) is 8.30. The Hall–Kier alpha value is -1.03. The Morgan fingerprint density at radius 1 is 1.57 bits per heavy atom. The summed E-state index contributed by atoms with van der Waals surface area (Å²) in [5, 5.41) is 0. The molecule has 0 aromatic carbocycles. The number of halogens is 2. The summed E-state index contributed by atoms with van der Waals surface area (Å²) in [5.41, 5.74) is 3.53. The van der Waals surface area contributed by atoms with E-state index in [1.807, 2.05) is 0 Å². The van der Waals surface area contributed by atoms with Gasteiger partial charge in [0.25, 0.3) is 0 Å². The number of hydrogen-bond donors (Lipinski definition) is 1. The van der Waals surface area contributed by atoms with Crippen LogP contribution in [-0.4, -0.2) is 11.5 Å². The molecular weight excluding hydrogens is 186 g/mol. The summed E-state index contributed by atoms with van der Waals surface area (Å²) in [6.45, 7) is 3.12. The van der Waals surface area contributed by atoms with Crippen LogP contribution in [0.1, 0.15) is 19.4 Å². The van der Waals surface area contributed by atoms with Crippen LogP contribution >= 0.6 is 0 Å². The van der Waals surface area contributed by atoms with Gasteiger partial charge in [0.15, 0.2) is 5.67 Å². The molecular formula is C10H14F2N2. The largest absolute Gasteiger partial charge is 0.327 e. The Morgan fingerprint density at radius 2 is 2.21 bits per heavy atom. The molecule has 1 aromatic rings. The first-order chi connectivity index (χ1) is 6.52. The highest BCUT2D eigenvalue weighted by Gasteiger charge is 2.36. The Labute approximate surface area is 82.1 Å². The number of nitrogens with zero attached hydrogens (tertiary/aromatic N) is 1. The van der Waals surface area contributed by atoms with Crippen molar-refractivity contribution in [3.63, 3.8) is 0 Å². The summed E-state index contributed by atoms with van der Waals surface area (Å²) >= 11 is 0. The van der Waals surface area contributed by atoms with Crippen LogP contribution in [0.5, 0.6) is 0 Å². The van der Waals surface area contributed by atoms with Crippen molar-refractivity contribution in [3.8, 4) is 0 Å². The lowest BCUT2D eigenvalue weighted by Crippen LogP contribution is -2.36. The molecule has 0 spiro atoms. The lowest BCUT2D eigenvalue weighted by atomic mass is 9.85.